The number of nitro groups is 1. The molecule has 0 saturated heterocycles. The maximum atomic E-state index is 11.4. The highest BCUT2D eigenvalue weighted by molar-refractivity contribution is 5.99. The summed E-state index contributed by atoms with van der Waals surface area (Å²) >= 11 is 0. The van der Waals surface area contributed by atoms with E-state index in [1.165, 1.54) is 18.2 Å². The quantitative estimate of drug-likeness (QED) is 0.568. The van der Waals surface area contributed by atoms with E-state index < -0.39 is 10.8 Å². The molecule has 0 bridgehead atoms. The second kappa shape index (κ2) is 5.87. The van der Waals surface area contributed by atoms with Crippen molar-refractivity contribution < 1.29 is 14.8 Å². The first kappa shape index (κ1) is 14.3. The Balaban J connectivity index is 2.18. The largest absolute Gasteiger partial charge is 0.393 e. The lowest BCUT2D eigenvalue weighted by atomic mass is 9.92. The van der Waals surface area contributed by atoms with E-state index in [2.05, 4.69) is 5.32 Å². The summed E-state index contributed by atoms with van der Waals surface area (Å²) < 4.78 is 0. The summed E-state index contributed by atoms with van der Waals surface area (Å²) in [5.74, 6) is -0.702. The molecular weight excluding hydrogens is 262 g/mol. The minimum absolute atomic E-state index is 0.116. The maximum absolute atomic E-state index is 11.4. The van der Waals surface area contributed by atoms with E-state index >= 15 is 0 Å². The Bertz CT molecular complexity index is 524. The van der Waals surface area contributed by atoms with Gasteiger partial charge in [0.05, 0.1) is 16.6 Å². The number of rotatable bonds is 4. The number of nitrogens with zero attached hydrogens (tertiary/aromatic N) is 1. The third-order valence-electron chi connectivity index (χ3n) is 3.54. The van der Waals surface area contributed by atoms with Gasteiger partial charge in [-0.25, -0.2) is 0 Å². The zero-order valence-electron chi connectivity index (χ0n) is 10.9. The van der Waals surface area contributed by atoms with E-state index in [0.29, 0.717) is 18.5 Å². The molecule has 0 atom stereocenters. The number of non-ortho nitro benzene ring substituents is 1. The number of amides is 1. The second-order valence-electron chi connectivity index (χ2n) is 5.00. The Morgan fingerprint density at radius 1 is 1.35 bits per heavy atom. The van der Waals surface area contributed by atoms with Crippen molar-refractivity contribution in [2.24, 2.45) is 5.73 Å². The summed E-state index contributed by atoms with van der Waals surface area (Å²) in [5, 5.41) is 23.4. The number of aliphatic hydroxyl groups is 1. The van der Waals surface area contributed by atoms with Crippen LogP contribution in [0.5, 0.6) is 0 Å². The Labute approximate surface area is 115 Å². The monoisotopic (exact) mass is 279 g/mol. The SMILES string of the molecule is NC(=O)c1cc([N+](=O)[O-])ccc1NC1CCC(O)CC1. The molecule has 1 aromatic carbocycles. The maximum Gasteiger partial charge on any atom is 0.270 e. The highest BCUT2D eigenvalue weighted by Gasteiger charge is 2.21. The van der Waals surface area contributed by atoms with Crippen molar-refractivity contribution in [2.75, 3.05) is 5.32 Å². The topological polar surface area (TPSA) is 118 Å². The van der Waals surface area contributed by atoms with Crippen LogP contribution < -0.4 is 11.1 Å². The molecule has 0 aromatic heterocycles. The molecular formula is C13H17N3O4. The van der Waals surface area contributed by atoms with Gasteiger partial charge in [0, 0.05) is 23.9 Å². The molecule has 1 amide bonds. The molecule has 0 heterocycles. The van der Waals surface area contributed by atoms with Crippen LogP contribution in [0.25, 0.3) is 0 Å². The number of anilines is 1. The number of nitrogens with one attached hydrogen (secondary N) is 1. The Morgan fingerprint density at radius 3 is 2.55 bits per heavy atom. The third kappa shape index (κ3) is 3.24. The fourth-order valence-electron chi connectivity index (χ4n) is 2.42. The van der Waals surface area contributed by atoms with E-state index in [0.717, 1.165) is 12.8 Å². The van der Waals surface area contributed by atoms with Crippen molar-refractivity contribution in [3.63, 3.8) is 0 Å². The summed E-state index contributed by atoms with van der Waals surface area (Å²) in [6.45, 7) is 0. The average Bonchev–Trinajstić information content (AvgIpc) is 2.41. The van der Waals surface area contributed by atoms with Gasteiger partial charge >= 0.3 is 0 Å². The first-order valence-corrected chi connectivity index (χ1v) is 6.50. The summed E-state index contributed by atoms with van der Waals surface area (Å²) in [6, 6.07) is 4.16. The van der Waals surface area contributed by atoms with Crippen LogP contribution in [0, 0.1) is 10.1 Å². The van der Waals surface area contributed by atoms with Gasteiger partial charge in [0.15, 0.2) is 0 Å². The number of hydrogen-bond acceptors (Lipinski definition) is 5. The van der Waals surface area contributed by atoms with Gasteiger partial charge in [0.25, 0.3) is 11.6 Å². The molecule has 0 unspecified atom stereocenters. The van der Waals surface area contributed by atoms with Crippen LogP contribution in [-0.2, 0) is 0 Å². The van der Waals surface area contributed by atoms with Crippen molar-refractivity contribution in [1.29, 1.82) is 0 Å². The normalized spacial score (nSPS) is 22.2. The van der Waals surface area contributed by atoms with E-state index in [-0.39, 0.29) is 23.4 Å². The molecule has 7 heteroatoms. The van der Waals surface area contributed by atoms with Gasteiger partial charge in [-0.15, -0.1) is 0 Å². The molecule has 1 fully saturated rings. The highest BCUT2D eigenvalue weighted by atomic mass is 16.6. The van der Waals surface area contributed by atoms with E-state index in [9.17, 15) is 20.0 Å². The lowest BCUT2D eigenvalue weighted by Crippen LogP contribution is -2.29. The van der Waals surface area contributed by atoms with E-state index in [1.54, 1.807) is 0 Å². The Kier molecular flexibility index (Phi) is 4.19. The van der Waals surface area contributed by atoms with Crippen LogP contribution >= 0.6 is 0 Å². The Hall–Kier alpha value is -2.15. The van der Waals surface area contributed by atoms with E-state index in [1.807, 2.05) is 0 Å². The van der Waals surface area contributed by atoms with Gasteiger partial charge in [0.1, 0.15) is 0 Å². The predicted molar refractivity (Wildman–Crippen MR) is 73.5 cm³/mol. The van der Waals surface area contributed by atoms with Gasteiger partial charge in [-0.3, -0.25) is 14.9 Å². The number of aliphatic hydroxyl groups excluding tert-OH is 1. The Morgan fingerprint density at radius 2 is 2.00 bits per heavy atom. The predicted octanol–water partition coefficient (Wildman–Crippen LogP) is 1.41. The van der Waals surface area contributed by atoms with Gasteiger partial charge < -0.3 is 16.2 Å². The van der Waals surface area contributed by atoms with Crippen LogP contribution in [0.1, 0.15) is 36.0 Å². The molecule has 1 aliphatic carbocycles. The molecule has 0 aliphatic heterocycles. The summed E-state index contributed by atoms with van der Waals surface area (Å²) in [7, 11) is 0. The zero-order valence-corrected chi connectivity index (χ0v) is 10.9. The number of hydrogen-bond donors (Lipinski definition) is 3. The smallest absolute Gasteiger partial charge is 0.270 e. The molecule has 108 valence electrons. The molecule has 1 aromatic rings. The van der Waals surface area contributed by atoms with Crippen molar-refractivity contribution in [2.45, 2.75) is 37.8 Å². The fourth-order valence-corrected chi connectivity index (χ4v) is 2.42. The summed E-state index contributed by atoms with van der Waals surface area (Å²) in [5.41, 5.74) is 5.73. The zero-order chi connectivity index (χ0) is 14.7. The number of carbonyl (C=O) groups excluding carboxylic acids is 1. The van der Waals surface area contributed by atoms with Gasteiger partial charge in [0.2, 0.25) is 0 Å². The van der Waals surface area contributed by atoms with Crippen molar-refractivity contribution >= 4 is 17.3 Å². The van der Waals surface area contributed by atoms with Crippen LogP contribution in [0.3, 0.4) is 0 Å². The second-order valence-corrected chi connectivity index (χ2v) is 5.00. The van der Waals surface area contributed by atoms with Crippen LogP contribution in [0.15, 0.2) is 18.2 Å². The highest BCUT2D eigenvalue weighted by Crippen LogP contribution is 2.26. The standard InChI is InChI=1S/C13H17N3O4/c14-13(18)11-7-9(16(19)20)3-6-12(11)15-8-1-4-10(17)5-2-8/h3,6-8,10,15,17H,1-2,4-5H2,(H2,14,18). The van der Waals surface area contributed by atoms with Crippen LogP contribution in [-0.4, -0.2) is 28.1 Å². The fraction of sp³-hybridized carbons (Fsp3) is 0.462. The first-order chi connectivity index (χ1) is 9.47. The first-order valence-electron chi connectivity index (χ1n) is 6.50. The summed E-state index contributed by atoms with van der Waals surface area (Å²) in [6.07, 6.45) is 2.72. The molecule has 20 heavy (non-hydrogen) atoms. The molecule has 7 nitrogen and oxygen atoms in total. The molecule has 1 aliphatic rings. The van der Waals surface area contributed by atoms with Gasteiger partial charge in [-0.2, -0.15) is 0 Å². The third-order valence-corrected chi connectivity index (χ3v) is 3.54. The lowest BCUT2D eigenvalue weighted by molar-refractivity contribution is -0.384. The number of nitrogens with two attached hydrogens (primary N) is 1. The minimum Gasteiger partial charge on any atom is -0.393 e. The number of primary amides is 1. The van der Waals surface area contributed by atoms with Crippen LogP contribution in [0.2, 0.25) is 0 Å². The average molecular weight is 279 g/mol. The number of carbonyl (C=O) groups is 1. The number of benzene rings is 1. The van der Waals surface area contributed by atoms with Crippen LogP contribution in [0.4, 0.5) is 11.4 Å². The van der Waals surface area contributed by atoms with Crippen molar-refractivity contribution in [3.05, 3.63) is 33.9 Å². The molecule has 0 radical (unpaired) electrons. The lowest BCUT2D eigenvalue weighted by Gasteiger charge is -2.27. The van der Waals surface area contributed by atoms with E-state index in [4.69, 9.17) is 5.73 Å². The summed E-state index contributed by atoms with van der Waals surface area (Å²) in [4.78, 5) is 21.6. The van der Waals surface area contributed by atoms with Crippen molar-refractivity contribution in [3.8, 4) is 0 Å². The molecule has 0 spiro atoms. The van der Waals surface area contributed by atoms with Gasteiger partial charge in [-0.1, -0.05) is 0 Å². The molecule has 2 rings (SSSR count). The number of nitro benzene ring substituents is 1. The minimum atomic E-state index is -0.702. The molecule has 4 N–H and O–H groups in total. The van der Waals surface area contributed by atoms with Gasteiger partial charge in [-0.05, 0) is 31.7 Å². The van der Waals surface area contributed by atoms with Crippen molar-refractivity contribution in [1.82, 2.24) is 0 Å². The molecule has 1 saturated carbocycles.